The monoisotopic (exact) mass is 253 g/mol. The second-order valence-corrected chi connectivity index (χ2v) is 3.86. The summed E-state index contributed by atoms with van der Waals surface area (Å²) in [5, 5.41) is 11.7. The maximum atomic E-state index is 10.3. The van der Waals surface area contributed by atoms with Crippen molar-refractivity contribution in [1.29, 1.82) is 0 Å². The molecule has 0 aliphatic rings. The summed E-state index contributed by atoms with van der Waals surface area (Å²) in [6.45, 7) is 1.36. The topological polar surface area (TPSA) is 67.8 Å². The van der Waals surface area contributed by atoms with Crippen molar-refractivity contribution in [3.8, 4) is 11.5 Å². The van der Waals surface area contributed by atoms with Crippen LogP contribution in [-0.2, 0) is 11.3 Å². The summed E-state index contributed by atoms with van der Waals surface area (Å²) >= 11 is 0. The zero-order chi connectivity index (χ0) is 13.4. The van der Waals surface area contributed by atoms with Gasteiger partial charge in [-0.25, -0.2) is 0 Å². The zero-order valence-electron chi connectivity index (χ0n) is 10.7. The highest BCUT2D eigenvalue weighted by Gasteiger charge is 2.04. The average molecular weight is 253 g/mol. The number of aliphatic carboxylic acids is 1. The lowest BCUT2D eigenvalue weighted by molar-refractivity contribution is -0.137. The molecule has 0 saturated heterocycles. The van der Waals surface area contributed by atoms with E-state index in [2.05, 4.69) is 5.32 Å². The number of hydrogen-bond donors (Lipinski definition) is 2. The number of carboxylic acids is 1. The summed E-state index contributed by atoms with van der Waals surface area (Å²) < 4.78 is 10.4. The Kier molecular flexibility index (Phi) is 6.00. The van der Waals surface area contributed by atoms with Gasteiger partial charge in [-0.2, -0.15) is 0 Å². The van der Waals surface area contributed by atoms with Crippen molar-refractivity contribution >= 4 is 5.97 Å². The first-order valence-electron chi connectivity index (χ1n) is 5.80. The van der Waals surface area contributed by atoms with Gasteiger partial charge in [0.1, 0.15) is 0 Å². The number of benzene rings is 1. The Labute approximate surface area is 107 Å². The van der Waals surface area contributed by atoms with Crippen LogP contribution in [-0.4, -0.2) is 31.8 Å². The van der Waals surface area contributed by atoms with Gasteiger partial charge in [0, 0.05) is 13.0 Å². The Hall–Kier alpha value is -1.75. The first-order chi connectivity index (χ1) is 8.67. The van der Waals surface area contributed by atoms with Crippen LogP contribution in [0, 0.1) is 0 Å². The summed E-state index contributed by atoms with van der Waals surface area (Å²) in [4.78, 5) is 10.3. The van der Waals surface area contributed by atoms with Gasteiger partial charge >= 0.3 is 5.97 Å². The molecule has 0 aliphatic heterocycles. The predicted molar refractivity (Wildman–Crippen MR) is 68.1 cm³/mol. The van der Waals surface area contributed by atoms with Gasteiger partial charge < -0.3 is 19.9 Å². The molecule has 0 atom stereocenters. The minimum absolute atomic E-state index is 0.193. The zero-order valence-corrected chi connectivity index (χ0v) is 10.7. The maximum Gasteiger partial charge on any atom is 0.303 e. The molecule has 0 aromatic heterocycles. The van der Waals surface area contributed by atoms with Gasteiger partial charge in [0.25, 0.3) is 0 Å². The molecule has 0 fully saturated rings. The van der Waals surface area contributed by atoms with Crippen molar-refractivity contribution in [1.82, 2.24) is 5.32 Å². The van der Waals surface area contributed by atoms with E-state index < -0.39 is 5.97 Å². The first kappa shape index (κ1) is 14.3. The third-order valence-corrected chi connectivity index (χ3v) is 2.52. The van der Waals surface area contributed by atoms with E-state index in [9.17, 15) is 4.79 Å². The molecule has 1 aromatic rings. The molecule has 0 amide bonds. The van der Waals surface area contributed by atoms with E-state index in [-0.39, 0.29) is 6.42 Å². The fraction of sp³-hybridized carbons (Fsp3) is 0.462. The summed E-state index contributed by atoms with van der Waals surface area (Å²) in [7, 11) is 3.20. The first-order valence-corrected chi connectivity index (χ1v) is 5.80. The molecule has 5 nitrogen and oxygen atoms in total. The van der Waals surface area contributed by atoms with Crippen LogP contribution >= 0.6 is 0 Å². The van der Waals surface area contributed by atoms with Crippen molar-refractivity contribution in [3.05, 3.63) is 23.8 Å². The van der Waals surface area contributed by atoms with Crippen molar-refractivity contribution < 1.29 is 19.4 Å². The maximum absolute atomic E-state index is 10.3. The SMILES string of the molecule is COc1ccc(CNCCCC(=O)O)cc1OC. The molecular formula is C13H19NO4. The average Bonchev–Trinajstić information content (AvgIpc) is 2.37. The number of nitrogens with one attached hydrogen (secondary N) is 1. The normalized spacial score (nSPS) is 10.1. The standard InChI is InChI=1S/C13H19NO4/c1-17-11-6-5-10(8-12(11)18-2)9-14-7-3-4-13(15)16/h5-6,8,14H,3-4,7,9H2,1-2H3,(H,15,16). The quantitative estimate of drug-likeness (QED) is 0.690. The van der Waals surface area contributed by atoms with E-state index in [1.165, 1.54) is 0 Å². The third kappa shape index (κ3) is 4.63. The molecule has 0 saturated carbocycles. The van der Waals surface area contributed by atoms with E-state index in [4.69, 9.17) is 14.6 Å². The fourth-order valence-electron chi connectivity index (χ4n) is 1.59. The van der Waals surface area contributed by atoms with Crippen LogP contribution < -0.4 is 14.8 Å². The predicted octanol–water partition coefficient (Wildman–Crippen LogP) is 1.66. The second kappa shape index (κ2) is 7.55. The van der Waals surface area contributed by atoms with E-state index in [0.717, 1.165) is 5.56 Å². The molecule has 0 unspecified atom stereocenters. The molecule has 2 N–H and O–H groups in total. The van der Waals surface area contributed by atoms with E-state index in [1.807, 2.05) is 18.2 Å². The molecule has 0 aliphatic carbocycles. The van der Waals surface area contributed by atoms with Gasteiger partial charge in [-0.05, 0) is 30.7 Å². The smallest absolute Gasteiger partial charge is 0.303 e. The van der Waals surface area contributed by atoms with Crippen LogP contribution in [0.1, 0.15) is 18.4 Å². The highest BCUT2D eigenvalue weighted by molar-refractivity contribution is 5.66. The lowest BCUT2D eigenvalue weighted by Crippen LogP contribution is -2.15. The number of rotatable bonds is 8. The van der Waals surface area contributed by atoms with Gasteiger partial charge in [0.2, 0.25) is 0 Å². The lowest BCUT2D eigenvalue weighted by atomic mass is 10.2. The Morgan fingerprint density at radius 2 is 2.00 bits per heavy atom. The van der Waals surface area contributed by atoms with Crippen molar-refractivity contribution in [2.75, 3.05) is 20.8 Å². The molecule has 0 radical (unpaired) electrons. The third-order valence-electron chi connectivity index (χ3n) is 2.52. The molecule has 1 rings (SSSR count). The largest absolute Gasteiger partial charge is 0.493 e. The summed E-state index contributed by atoms with van der Waals surface area (Å²) in [5.74, 6) is 0.636. The highest BCUT2D eigenvalue weighted by atomic mass is 16.5. The number of methoxy groups -OCH3 is 2. The molecular weight excluding hydrogens is 234 g/mol. The molecule has 0 bridgehead atoms. The molecule has 1 aromatic carbocycles. The number of hydrogen-bond acceptors (Lipinski definition) is 4. The lowest BCUT2D eigenvalue weighted by Gasteiger charge is -2.10. The fourth-order valence-corrected chi connectivity index (χ4v) is 1.59. The highest BCUT2D eigenvalue weighted by Crippen LogP contribution is 2.27. The van der Waals surface area contributed by atoms with E-state index >= 15 is 0 Å². The van der Waals surface area contributed by atoms with Crippen LogP contribution in [0.5, 0.6) is 11.5 Å². The van der Waals surface area contributed by atoms with Gasteiger partial charge in [-0.15, -0.1) is 0 Å². The van der Waals surface area contributed by atoms with Crippen molar-refractivity contribution in [2.24, 2.45) is 0 Å². The van der Waals surface area contributed by atoms with Gasteiger partial charge in [0.05, 0.1) is 14.2 Å². The van der Waals surface area contributed by atoms with Gasteiger partial charge in [-0.1, -0.05) is 6.07 Å². The molecule has 0 heterocycles. The molecule has 5 heteroatoms. The molecule has 100 valence electrons. The summed E-state index contributed by atoms with van der Waals surface area (Å²) in [5.41, 5.74) is 1.07. The Balaban J connectivity index is 2.40. The van der Waals surface area contributed by atoms with Crippen molar-refractivity contribution in [2.45, 2.75) is 19.4 Å². The number of carboxylic acid groups (broad SMARTS) is 1. The Morgan fingerprint density at radius 1 is 1.28 bits per heavy atom. The van der Waals surface area contributed by atoms with Crippen LogP contribution in [0.15, 0.2) is 18.2 Å². The van der Waals surface area contributed by atoms with Gasteiger partial charge in [-0.3, -0.25) is 4.79 Å². The minimum Gasteiger partial charge on any atom is -0.493 e. The second-order valence-electron chi connectivity index (χ2n) is 3.86. The number of ether oxygens (including phenoxy) is 2. The Bertz CT molecular complexity index is 393. The molecule has 0 spiro atoms. The van der Waals surface area contributed by atoms with E-state index in [1.54, 1.807) is 14.2 Å². The van der Waals surface area contributed by atoms with Crippen LogP contribution in [0.4, 0.5) is 0 Å². The summed E-state index contributed by atoms with van der Waals surface area (Å²) in [6, 6.07) is 5.71. The molecule has 18 heavy (non-hydrogen) atoms. The summed E-state index contributed by atoms with van der Waals surface area (Å²) in [6.07, 6.45) is 0.821. The van der Waals surface area contributed by atoms with Crippen molar-refractivity contribution in [3.63, 3.8) is 0 Å². The minimum atomic E-state index is -0.761. The van der Waals surface area contributed by atoms with E-state index in [0.29, 0.717) is 31.0 Å². The van der Waals surface area contributed by atoms with Crippen LogP contribution in [0.3, 0.4) is 0 Å². The number of carbonyl (C=O) groups is 1. The van der Waals surface area contributed by atoms with Crippen LogP contribution in [0.2, 0.25) is 0 Å². The van der Waals surface area contributed by atoms with Gasteiger partial charge in [0.15, 0.2) is 11.5 Å². The van der Waals surface area contributed by atoms with Crippen LogP contribution in [0.25, 0.3) is 0 Å². The Morgan fingerprint density at radius 3 is 2.61 bits per heavy atom.